The van der Waals surface area contributed by atoms with Crippen molar-refractivity contribution in [3.05, 3.63) is 0 Å². The number of hydrogen-bond donors (Lipinski definition) is 10. The van der Waals surface area contributed by atoms with Crippen LogP contribution in [0.4, 0.5) is 0 Å². The SMILES string of the molecule is CC1CCC(CNS(N)(=O)=O)CC1.CC1CCC(CO)CC1.CCCC(=O)[C@H]1CCC[C@H](C)C1.C[C@@H]1CCC[C@@H](NS(C)(=O)=O)C1.C[C@@H]1CCC[C@@H](S(C)(=O)=O)C1.C[C@@H]1COC[C@@H](CO)C1.C[C@H]1CCC[C@H](C(=O)O)C1.C[C@H]1CCC[C@H](C(C)(C)O)C1.C[C@H]1CCC[C@H](CO)C1.C[C@H]1CCO[C@H](CO)C1.C[C@H]1C[C@H]2C[C@H](CO)[C@@H]1C2. The average molecular weight is 1700 g/mol. The third-order valence-corrected chi connectivity index (χ3v) is 30.4. The van der Waals surface area contributed by atoms with E-state index in [1.54, 1.807) is 0 Å². The second-order valence-electron chi connectivity index (χ2n) is 40.2. The number of carboxylic acids is 1. The second-order valence-corrected chi connectivity index (χ2v) is 45.7. The largest absolute Gasteiger partial charge is 0.481 e. The molecule has 0 spiro atoms. The standard InChI is InChI=1S/C11H20O.C10H20O.C9H16O.C8H18N2O2S.C8H17NO2S.C8H16O2S.C8H14O2.2C8H16O.2C7H14O2/c1-3-5-11(12)10-7-4-6-9(2)8-10;1-8-5-4-6-9(7-8)10(2,3)11;1-6-2-7-3-8(5-10)9(6)4-7;1-7-2-4-8(5-3-7)6-10-13(9,11)12;1-7-4-3-5-8(6-7)9-12(2,10)11;1-7-4-3-5-8(6-7)11(2,9)10;1-6-3-2-4-7(5-6)8(9)10;1-7-2-4-8(6-9)5-3-7;1-7-3-2-4-8(5-7)6-9;1-6-2-7(3-8)5-9-4-6;1-6-2-3-9-7(4-6)5-8/h9-10H,3-8H2,1-2H3;8-9,11H,4-7H2,1-3H3;6-10H,2-5H2,1H3;7-8,10H,2-6H2,1H3,(H2,9,11,12);7-9H,3-6H2,1-2H3;7-8H,3-6H2,1-2H3;6-7H,2-5H2,1H3,(H,9,10);2*7-9H,2-6H2,1H3;2*6-8H,2-5H2,1H3/t9-,10-;8-,9-;6-,7-,8+,9+;;2*7-,8-;6-,7-;;7-,8-;6-,7+;6-,7-/m000.110.000/s1. The van der Waals surface area contributed by atoms with Crippen molar-refractivity contribution in [1.82, 2.24) is 9.44 Å². The number of fused-ring (bicyclic) bond motifs is 2. The quantitative estimate of drug-likeness (QED) is 0.0686. The number of carbonyl (C=O) groups excluding carboxylic acids is 1. The van der Waals surface area contributed by atoms with Gasteiger partial charge in [0.05, 0.1) is 42.3 Å². The molecule has 0 unspecified atom stereocenters. The number of carbonyl (C=O) groups is 2. The highest BCUT2D eigenvalue weighted by Crippen LogP contribution is 2.51. The van der Waals surface area contributed by atoms with E-state index in [1.165, 1.54) is 154 Å². The molecule has 684 valence electrons. The van der Waals surface area contributed by atoms with Crippen LogP contribution in [0.5, 0.6) is 0 Å². The zero-order valence-corrected chi connectivity index (χ0v) is 78.5. The topological polar surface area (TPSA) is 347 Å². The molecule has 20 nitrogen and oxygen atoms in total. The third kappa shape index (κ3) is 52.1. The summed E-state index contributed by atoms with van der Waals surface area (Å²) in [5.41, 5.74) is -0.450. The molecule has 2 bridgehead atoms. The van der Waals surface area contributed by atoms with Gasteiger partial charge in [-0.25, -0.2) is 31.4 Å². The molecule has 12 aliphatic rings. The molecule has 20 atom stereocenters. The van der Waals surface area contributed by atoms with Crippen molar-refractivity contribution in [2.75, 3.05) is 71.9 Å². The molecule has 2 heterocycles. The molecular formula is C92H181N3O17S3. The summed E-state index contributed by atoms with van der Waals surface area (Å²) in [4.78, 5) is 22.0. The van der Waals surface area contributed by atoms with Gasteiger partial charge in [-0.05, 0) is 268 Å². The van der Waals surface area contributed by atoms with E-state index < -0.39 is 41.6 Å². The molecule has 2 aliphatic heterocycles. The van der Waals surface area contributed by atoms with Gasteiger partial charge in [-0.3, -0.25) is 9.59 Å². The van der Waals surface area contributed by atoms with Gasteiger partial charge < -0.3 is 45.2 Å². The maximum absolute atomic E-state index is 11.5. The number of sulfonamides is 1. The highest BCUT2D eigenvalue weighted by Gasteiger charge is 2.43. The Bertz CT molecular complexity index is 2780. The molecule has 10 aliphatic carbocycles. The van der Waals surface area contributed by atoms with Crippen molar-refractivity contribution in [2.24, 2.45) is 129 Å². The first-order valence-electron chi connectivity index (χ1n) is 46.6. The first kappa shape index (κ1) is 110. The summed E-state index contributed by atoms with van der Waals surface area (Å²) >= 11 is 0. The molecule has 12 fully saturated rings. The maximum Gasteiger partial charge on any atom is 0.306 e. The van der Waals surface area contributed by atoms with Gasteiger partial charge in [-0.2, -0.15) is 8.42 Å². The van der Waals surface area contributed by atoms with Crippen molar-refractivity contribution >= 4 is 41.8 Å². The van der Waals surface area contributed by atoms with Gasteiger partial charge >= 0.3 is 5.97 Å². The highest BCUT2D eigenvalue weighted by atomic mass is 32.2. The van der Waals surface area contributed by atoms with Crippen LogP contribution in [0.2, 0.25) is 0 Å². The number of nitrogens with one attached hydrogen (secondary N) is 2. The van der Waals surface area contributed by atoms with Gasteiger partial charge in [0.2, 0.25) is 10.0 Å². The van der Waals surface area contributed by atoms with Crippen LogP contribution in [0.3, 0.4) is 0 Å². The molecule has 2 saturated heterocycles. The molecular weight excluding hydrogens is 1520 g/mol. The molecule has 10 saturated carbocycles. The summed E-state index contributed by atoms with van der Waals surface area (Å²) in [7, 11) is -9.24. The number of aliphatic carboxylic acids is 1. The van der Waals surface area contributed by atoms with E-state index in [9.17, 15) is 39.9 Å². The van der Waals surface area contributed by atoms with E-state index in [1.807, 2.05) is 13.8 Å². The lowest BCUT2D eigenvalue weighted by atomic mass is 9.75. The van der Waals surface area contributed by atoms with E-state index in [0.29, 0.717) is 97.2 Å². The van der Waals surface area contributed by atoms with Crippen molar-refractivity contribution in [3.8, 4) is 0 Å². The maximum atomic E-state index is 11.5. The minimum atomic E-state index is -3.49. The zero-order chi connectivity index (χ0) is 86.5. The molecule has 115 heavy (non-hydrogen) atoms. The van der Waals surface area contributed by atoms with Crippen molar-refractivity contribution < 1.29 is 80.1 Å². The number of sulfone groups is 1. The van der Waals surface area contributed by atoms with Crippen LogP contribution >= 0.6 is 0 Å². The Morgan fingerprint density at radius 1 is 0.452 bits per heavy atom. The fraction of sp³-hybridized carbons (Fsp3) is 0.978. The summed E-state index contributed by atoms with van der Waals surface area (Å²) in [6.07, 6.45) is 49.4. The number of Topliss-reactive ketones (excluding diaryl/α,β-unsaturated/α-hetero) is 1. The molecule has 0 radical (unpaired) electrons. The number of carboxylic acid groups (broad SMARTS) is 1. The van der Waals surface area contributed by atoms with Gasteiger partial charge in [-0.1, -0.05) is 186 Å². The summed E-state index contributed by atoms with van der Waals surface area (Å²) in [5, 5.41) is 67.2. The molecule has 0 aromatic rings. The van der Waals surface area contributed by atoms with Crippen LogP contribution in [-0.2, 0) is 49.1 Å². The first-order chi connectivity index (χ1) is 54.0. The van der Waals surface area contributed by atoms with Gasteiger partial charge in [0.1, 0.15) is 15.6 Å². The van der Waals surface area contributed by atoms with Crippen LogP contribution in [0.15, 0.2) is 0 Å². The van der Waals surface area contributed by atoms with Crippen LogP contribution in [0.1, 0.15) is 354 Å². The fourth-order valence-corrected chi connectivity index (χ4v) is 22.6. The Kier molecular flexibility index (Phi) is 56.6. The Morgan fingerprint density at radius 2 is 0.930 bits per heavy atom. The number of aliphatic hydroxyl groups is 6. The van der Waals surface area contributed by atoms with Gasteiger partial charge in [0.25, 0.3) is 10.2 Å². The van der Waals surface area contributed by atoms with E-state index in [-0.39, 0.29) is 36.5 Å². The molecule has 0 aromatic heterocycles. The van der Waals surface area contributed by atoms with E-state index >= 15 is 0 Å². The van der Waals surface area contributed by atoms with Gasteiger partial charge in [-0.15, -0.1) is 0 Å². The normalized spacial score (nSPS) is 35.3. The molecule has 0 aromatic carbocycles. The predicted molar refractivity (Wildman–Crippen MR) is 472 cm³/mol. The number of nitrogens with two attached hydrogens (primary N) is 1. The summed E-state index contributed by atoms with van der Waals surface area (Å²) in [6, 6.07) is 0.184. The highest BCUT2D eigenvalue weighted by molar-refractivity contribution is 7.91. The monoisotopic (exact) mass is 1700 g/mol. The predicted octanol–water partition coefficient (Wildman–Crippen LogP) is 17.7. The van der Waals surface area contributed by atoms with Gasteiger partial charge in [0, 0.05) is 76.7 Å². The minimum absolute atomic E-state index is 0.0498. The molecule has 11 N–H and O–H groups in total. The van der Waals surface area contributed by atoms with Crippen LogP contribution in [0, 0.1) is 124 Å². The lowest BCUT2D eigenvalue weighted by Gasteiger charge is -2.35. The lowest BCUT2D eigenvalue weighted by Crippen LogP contribution is -2.37. The molecule has 12 rings (SSSR count). The number of hydrogen-bond acceptors (Lipinski definition) is 16. The van der Waals surface area contributed by atoms with Crippen LogP contribution in [-0.4, -0.2) is 168 Å². The molecule has 23 heteroatoms. The first-order valence-corrected chi connectivity index (χ1v) is 52.0. The Hall–Kier alpha value is -1.45. The van der Waals surface area contributed by atoms with Crippen LogP contribution < -0.4 is 14.6 Å². The van der Waals surface area contributed by atoms with Gasteiger partial charge in [0.15, 0.2) is 0 Å². The zero-order valence-electron chi connectivity index (χ0n) is 76.0. The van der Waals surface area contributed by atoms with Crippen molar-refractivity contribution in [1.29, 1.82) is 0 Å². The minimum Gasteiger partial charge on any atom is -0.481 e. The summed E-state index contributed by atoms with van der Waals surface area (Å²) in [5.74, 6) is 13.7. The van der Waals surface area contributed by atoms with E-state index in [0.717, 1.165) is 189 Å². The van der Waals surface area contributed by atoms with Crippen molar-refractivity contribution in [3.63, 3.8) is 0 Å². The molecule has 0 amide bonds. The fourth-order valence-electron chi connectivity index (χ4n) is 20.1. The second kappa shape index (κ2) is 59.4. The summed E-state index contributed by atoms with van der Waals surface area (Å²) in [6.45, 7) is 35.2. The lowest BCUT2D eigenvalue weighted by molar-refractivity contribution is -0.143. The Morgan fingerprint density at radius 3 is 1.30 bits per heavy atom. The van der Waals surface area contributed by atoms with Crippen LogP contribution in [0.25, 0.3) is 0 Å². The smallest absolute Gasteiger partial charge is 0.306 e. The number of ketones is 1. The Labute approximate surface area is 705 Å². The average Bonchev–Trinajstić information content (AvgIpc) is 1.66. The number of rotatable bonds is 16. The third-order valence-electron chi connectivity index (χ3n) is 27.4. The van der Waals surface area contributed by atoms with Crippen molar-refractivity contribution in [2.45, 2.75) is 377 Å². The Balaban J connectivity index is 0.000000430. The van der Waals surface area contributed by atoms with E-state index in [4.69, 9.17) is 45.3 Å². The summed E-state index contributed by atoms with van der Waals surface area (Å²) < 4.78 is 80.8. The van der Waals surface area contributed by atoms with E-state index in [2.05, 4.69) is 92.5 Å². The number of ether oxygens (including phenoxy) is 2. The number of aliphatic hydroxyl groups excluding tert-OH is 5.